The van der Waals surface area contributed by atoms with Gasteiger partial charge in [0.25, 0.3) is 18.6 Å². The third-order valence-electron chi connectivity index (χ3n) is 0.212. The molecule has 0 bridgehead atoms. The van der Waals surface area contributed by atoms with E-state index in [0.29, 0.717) is 0 Å². The molecule has 0 aliphatic carbocycles. The summed E-state index contributed by atoms with van der Waals surface area (Å²) in [5, 5.41) is 0. The van der Waals surface area contributed by atoms with Gasteiger partial charge >= 0.3 is 0 Å². The van der Waals surface area contributed by atoms with Crippen LogP contribution in [0.5, 0.6) is 0 Å². The number of hydrogen-bond acceptors (Lipinski definition) is 5. The maximum Gasteiger partial charge on any atom is 0.270 e. The van der Waals surface area contributed by atoms with Crippen molar-refractivity contribution in [2.75, 3.05) is 6.26 Å². The smallest absolute Gasteiger partial charge is 0.270 e. The van der Waals surface area contributed by atoms with Crippen LogP contribution in [0.1, 0.15) is 0 Å². The largest absolute Gasteiger partial charge is 0.337 e. The van der Waals surface area contributed by atoms with E-state index in [-0.39, 0.29) is 0 Å². The van der Waals surface area contributed by atoms with Crippen LogP contribution in [-0.2, 0) is 14.1 Å². The predicted octanol–water partition coefficient (Wildman–Crippen LogP) is -0.859. The Bertz CT molecular complexity index is 149. The molecule has 0 aromatic carbocycles. The molecule has 3 N–H and O–H groups in total. The number of nitrogens with two attached hydrogens (primary N) is 1. The lowest BCUT2D eigenvalue weighted by atomic mass is 12.0. The molecule has 50 valence electrons. The van der Waals surface area contributed by atoms with Crippen LogP contribution in [0, 0.1) is 0 Å². The normalized spacial score (nSPS) is 15.9. The topological polar surface area (TPSA) is 89.6 Å². The van der Waals surface area contributed by atoms with Gasteiger partial charge in [-0.3, -0.25) is 5.50 Å². The van der Waals surface area contributed by atoms with Crippen molar-refractivity contribution in [1.29, 1.82) is 0 Å². The number of hydrogen-bond donors (Lipinski definition) is 2. The molecular weight excluding hydrogens is 153 g/mol. The van der Waals surface area contributed by atoms with E-state index in [0.717, 1.165) is 6.26 Å². The van der Waals surface area contributed by atoms with Crippen LogP contribution in [0.4, 0.5) is 0 Å². The summed E-state index contributed by atoms with van der Waals surface area (Å²) in [4.78, 5) is 8.13. The molecule has 7 heteroatoms. The SMILES string of the molecule is CS(=O)(=O)OP(N)O. The molecule has 0 aliphatic heterocycles. The van der Waals surface area contributed by atoms with Crippen LogP contribution in [0.25, 0.3) is 0 Å². The minimum atomic E-state index is -3.57. The average molecular weight is 159 g/mol. The van der Waals surface area contributed by atoms with E-state index in [4.69, 9.17) is 4.89 Å². The zero-order chi connectivity index (χ0) is 6.78. The lowest BCUT2D eigenvalue weighted by Crippen LogP contribution is -2.01. The van der Waals surface area contributed by atoms with Gasteiger partial charge in [0.15, 0.2) is 0 Å². The first-order chi connectivity index (χ1) is 3.42. The van der Waals surface area contributed by atoms with Crippen LogP contribution < -0.4 is 5.50 Å². The molecule has 0 aliphatic rings. The molecule has 0 rings (SSSR count). The van der Waals surface area contributed by atoms with Crippen LogP contribution in [-0.4, -0.2) is 19.6 Å². The Morgan fingerprint density at radius 3 is 2.12 bits per heavy atom. The van der Waals surface area contributed by atoms with Gasteiger partial charge < -0.3 is 4.89 Å². The van der Waals surface area contributed by atoms with E-state index < -0.39 is 18.6 Å². The zero-order valence-electron chi connectivity index (χ0n) is 4.10. The second-order valence-corrected chi connectivity index (χ2v) is 3.69. The molecule has 0 fully saturated rings. The Morgan fingerprint density at radius 1 is 1.75 bits per heavy atom. The summed E-state index contributed by atoms with van der Waals surface area (Å²) < 4.78 is 23.8. The Balaban J connectivity index is 3.75. The molecule has 1 unspecified atom stereocenters. The van der Waals surface area contributed by atoms with Crippen molar-refractivity contribution in [3.8, 4) is 0 Å². The molecule has 5 nitrogen and oxygen atoms in total. The highest BCUT2D eigenvalue weighted by atomic mass is 32.2. The third kappa shape index (κ3) is 6.26. The van der Waals surface area contributed by atoms with Crippen molar-refractivity contribution >= 4 is 18.6 Å². The Labute approximate surface area is 48.6 Å². The van der Waals surface area contributed by atoms with Gasteiger partial charge in [0.05, 0.1) is 6.26 Å². The summed E-state index contributed by atoms with van der Waals surface area (Å²) in [6.07, 6.45) is 0.811. The molecule has 0 radical (unpaired) electrons. The fourth-order valence-electron chi connectivity index (χ4n) is 0.139. The first kappa shape index (κ1) is 8.26. The molecule has 8 heavy (non-hydrogen) atoms. The Kier molecular flexibility index (Phi) is 2.79. The van der Waals surface area contributed by atoms with Gasteiger partial charge in [0.1, 0.15) is 0 Å². The molecule has 0 aromatic rings. The molecule has 0 aromatic heterocycles. The average Bonchev–Trinajstić information content (AvgIpc) is 1.21. The van der Waals surface area contributed by atoms with E-state index in [1.165, 1.54) is 0 Å². The van der Waals surface area contributed by atoms with Gasteiger partial charge in [-0.1, -0.05) is 0 Å². The monoisotopic (exact) mass is 159 g/mol. The molecule has 0 heterocycles. The third-order valence-corrected chi connectivity index (χ3v) is 1.91. The van der Waals surface area contributed by atoms with Gasteiger partial charge in [-0.05, 0) is 0 Å². The molecular formula is CH6NO4PS. The van der Waals surface area contributed by atoms with E-state index in [9.17, 15) is 8.42 Å². The minimum Gasteiger partial charge on any atom is -0.337 e. The fraction of sp³-hybridized carbons (Fsp3) is 1.00. The van der Waals surface area contributed by atoms with Crippen molar-refractivity contribution in [2.24, 2.45) is 5.50 Å². The molecule has 0 saturated carbocycles. The summed E-state index contributed by atoms with van der Waals surface area (Å²) in [7, 11) is -5.85. The fourth-order valence-corrected chi connectivity index (χ4v) is 1.25. The quantitative estimate of drug-likeness (QED) is 0.511. The highest BCUT2D eigenvalue weighted by Crippen LogP contribution is 2.21. The minimum absolute atomic E-state index is 0.811. The van der Waals surface area contributed by atoms with E-state index in [1.54, 1.807) is 0 Å². The first-order valence-electron chi connectivity index (χ1n) is 1.55. The lowest BCUT2D eigenvalue weighted by molar-refractivity contribution is 0.465. The van der Waals surface area contributed by atoms with Crippen molar-refractivity contribution < 1.29 is 17.3 Å². The number of rotatable bonds is 2. The van der Waals surface area contributed by atoms with Crippen molar-refractivity contribution in [3.63, 3.8) is 0 Å². The Morgan fingerprint density at radius 2 is 2.12 bits per heavy atom. The molecule has 0 amide bonds. The van der Waals surface area contributed by atoms with E-state index >= 15 is 0 Å². The van der Waals surface area contributed by atoms with E-state index in [1.807, 2.05) is 0 Å². The lowest BCUT2D eigenvalue weighted by Gasteiger charge is -1.98. The summed E-state index contributed by atoms with van der Waals surface area (Å²) in [5.41, 5.74) is 4.60. The Hall–Kier alpha value is 0.260. The summed E-state index contributed by atoms with van der Waals surface area (Å²) in [6, 6.07) is 0. The van der Waals surface area contributed by atoms with Gasteiger partial charge in [-0.15, -0.1) is 0 Å². The maximum absolute atomic E-state index is 10.00. The molecule has 0 spiro atoms. The summed E-state index contributed by atoms with van der Waals surface area (Å²) in [5.74, 6) is 0. The van der Waals surface area contributed by atoms with Crippen molar-refractivity contribution in [1.82, 2.24) is 0 Å². The highest BCUT2D eigenvalue weighted by Gasteiger charge is 2.06. The van der Waals surface area contributed by atoms with Gasteiger partial charge in [-0.2, -0.15) is 8.42 Å². The standard InChI is InChI=1S/CH6NO4PS/c1-8(4,5)6-7(2)3/h3H,2H2,1H3. The predicted molar refractivity (Wildman–Crippen MR) is 29.3 cm³/mol. The second kappa shape index (κ2) is 2.70. The maximum atomic E-state index is 10.00. The van der Waals surface area contributed by atoms with Crippen molar-refractivity contribution in [3.05, 3.63) is 0 Å². The van der Waals surface area contributed by atoms with Crippen LogP contribution >= 0.6 is 8.53 Å². The molecule has 0 saturated heterocycles. The van der Waals surface area contributed by atoms with Crippen molar-refractivity contribution in [2.45, 2.75) is 0 Å². The first-order valence-corrected chi connectivity index (χ1v) is 4.65. The van der Waals surface area contributed by atoms with E-state index in [2.05, 4.69) is 9.47 Å². The summed E-state index contributed by atoms with van der Waals surface area (Å²) in [6.45, 7) is 0. The van der Waals surface area contributed by atoms with Crippen LogP contribution in [0.15, 0.2) is 0 Å². The van der Waals surface area contributed by atoms with Gasteiger partial charge in [-0.25, -0.2) is 3.97 Å². The van der Waals surface area contributed by atoms with Gasteiger partial charge in [0.2, 0.25) is 0 Å². The van der Waals surface area contributed by atoms with Gasteiger partial charge in [0, 0.05) is 0 Å². The summed E-state index contributed by atoms with van der Waals surface area (Å²) >= 11 is 0. The van der Waals surface area contributed by atoms with Crippen LogP contribution in [0.2, 0.25) is 0 Å². The highest BCUT2D eigenvalue weighted by molar-refractivity contribution is 7.89. The zero-order valence-corrected chi connectivity index (χ0v) is 5.82. The molecule has 1 atom stereocenters. The van der Waals surface area contributed by atoms with Crippen LogP contribution in [0.3, 0.4) is 0 Å². The second-order valence-electron chi connectivity index (χ2n) is 1.08.